The molecule has 0 saturated carbocycles. The van der Waals surface area contributed by atoms with E-state index in [2.05, 4.69) is 0 Å². The molecule has 0 aliphatic heterocycles. The first kappa shape index (κ1) is 9.20. The van der Waals surface area contributed by atoms with E-state index in [4.69, 9.17) is 0 Å². The lowest BCUT2D eigenvalue weighted by Gasteiger charge is -2.13. The Balaban J connectivity index is 2.71. The lowest BCUT2D eigenvalue weighted by atomic mass is 10.0. The molecular formula is C10H13FO. The third-order valence-corrected chi connectivity index (χ3v) is 1.87. The molecule has 0 spiro atoms. The van der Waals surface area contributed by atoms with E-state index in [0.717, 1.165) is 0 Å². The number of benzene rings is 1. The summed E-state index contributed by atoms with van der Waals surface area (Å²) in [5.74, 6) is 0. The second-order valence-electron chi connectivity index (χ2n) is 2.78. The minimum Gasteiger partial charge on any atom is -0.385 e. The normalized spacial score (nSPS) is 15.6. The van der Waals surface area contributed by atoms with Crippen LogP contribution in [-0.4, -0.2) is 11.3 Å². The van der Waals surface area contributed by atoms with Crippen molar-refractivity contribution in [2.24, 2.45) is 0 Å². The van der Waals surface area contributed by atoms with Gasteiger partial charge in [0, 0.05) is 0 Å². The van der Waals surface area contributed by atoms with Gasteiger partial charge >= 0.3 is 0 Å². The largest absolute Gasteiger partial charge is 0.385 e. The first-order valence-electron chi connectivity index (χ1n) is 4.12. The van der Waals surface area contributed by atoms with Gasteiger partial charge in [0.1, 0.15) is 12.3 Å². The zero-order valence-electron chi connectivity index (χ0n) is 7.07. The Morgan fingerprint density at radius 2 is 1.92 bits per heavy atom. The molecule has 2 atom stereocenters. The van der Waals surface area contributed by atoms with E-state index in [1.54, 1.807) is 31.2 Å². The highest BCUT2D eigenvalue weighted by Crippen LogP contribution is 2.20. The highest BCUT2D eigenvalue weighted by molar-refractivity contribution is 5.18. The van der Waals surface area contributed by atoms with Gasteiger partial charge in [0.25, 0.3) is 0 Å². The van der Waals surface area contributed by atoms with Crippen molar-refractivity contribution < 1.29 is 9.50 Å². The SMILES string of the molecule is CC[C@@H](F)[C@@H](O)c1ccccc1. The third kappa shape index (κ3) is 2.05. The average Bonchev–Trinajstić information content (AvgIpc) is 2.17. The fraction of sp³-hybridized carbons (Fsp3) is 0.400. The molecule has 0 unspecified atom stereocenters. The number of rotatable bonds is 3. The summed E-state index contributed by atoms with van der Waals surface area (Å²) >= 11 is 0. The molecule has 0 bridgehead atoms. The number of halogens is 1. The quantitative estimate of drug-likeness (QED) is 0.735. The van der Waals surface area contributed by atoms with Crippen LogP contribution in [0.3, 0.4) is 0 Å². The summed E-state index contributed by atoms with van der Waals surface area (Å²) in [5, 5.41) is 9.41. The van der Waals surface area contributed by atoms with Crippen LogP contribution in [0.5, 0.6) is 0 Å². The fourth-order valence-corrected chi connectivity index (χ4v) is 1.08. The summed E-state index contributed by atoms with van der Waals surface area (Å²) in [6.07, 6.45) is -1.79. The lowest BCUT2D eigenvalue weighted by molar-refractivity contribution is 0.0754. The predicted molar refractivity (Wildman–Crippen MR) is 46.6 cm³/mol. The molecule has 0 aliphatic carbocycles. The molecule has 1 aromatic carbocycles. The van der Waals surface area contributed by atoms with Crippen molar-refractivity contribution in [3.63, 3.8) is 0 Å². The number of alkyl halides is 1. The standard InChI is InChI=1S/C10H13FO/c1-2-9(11)10(12)8-6-4-3-5-7-8/h3-7,9-10,12H,2H2,1H3/t9-,10+/m1/s1. The number of aliphatic hydroxyl groups is 1. The molecule has 0 aromatic heterocycles. The molecule has 0 aliphatic rings. The molecule has 2 heteroatoms. The highest BCUT2D eigenvalue weighted by atomic mass is 19.1. The van der Waals surface area contributed by atoms with Crippen molar-refractivity contribution in [2.75, 3.05) is 0 Å². The lowest BCUT2D eigenvalue weighted by Crippen LogP contribution is -2.11. The predicted octanol–water partition coefficient (Wildman–Crippen LogP) is 2.47. The van der Waals surface area contributed by atoms with Gasteiger partial charge in [0.15, 0.2) is 0 Å². The van der Waals surface area contributed by atoms with Crippen molar-refractivity contribution in [3.05, 3.63) is 35.9 Å². The van der Waals surface area contributed by atoms with Gasteiger partial charge < -0.3 is 5.11 Å². The molecular weight excluding hydrogens is 155 g/mol. The number of hydrogen-bond acceptors (Lipinski definition) is 1. The Bertz CT molecular complexity index is 223. The zero-order chi connectivity index (χ0) is 8.97. The second-order valence-corrected chi connectivity index (χ2v) is 2.78. The van der Waals surface area contributed by atoms with E-state index in [1.807, 2.05) is 6.07 Å². The van der Waals surface area contributed by atoms with Gasteiger partial charge in [-0.2, -0.15) is 0 Å². The van der Waals surface area contributed by atoms with Crippen molar-refractivity contribution in [3.8, 4) is 0 Å². The van der Waals surface area contributed by atoms with Crippen LogP contribution in [0.1, 0.15) is 25.0 Å². The van der Waals surface area contributed by atoms with Crippen molar-refractivity contribution in [1.82, 2.24) is 0 Å². The molecule has 0 heterocycles. The van der Waals surface area contributed by atoms with Crippen LogP contribution in [0.4, 0.5) is 4.39 Å². The van der Waals surface area contributed by atoms with Crippen LogP contribution in [0.2, 0.25) is 0 Å². The molecule has 1 rings (SSSR count). The molecule has 1 aromatic rings. The monoisotopic (exact) mass is 168 g/mol. The summed E-state index contributed by atoms with van der Waals surface area (Å²) < 4.78 is 13.0. The van der Waals surface area contributed by atoms with Gasteiger partial charge in [0.05, 0.1) is 0 Å². The van der Waals surface area contributed by atoms with Crippen molar-refractivity contribution >= 4 is 0 Å². The Hall–Kier alpha value is -0.890. The summed E-state index contributed by atoms with van der Waals surface area (Å²) in [4.78, 5) is 0. The number of aliphatic hydroxyl groups excluding tert-OH is 1. The minimum atomic E-state index is -1.16. The Kier molecular flexibility index (Phi) is 3.23. The van der Waals surface area contributed by atoms with Crippen LogP contribution in [0.15, 0.2) is 30.3 Å². The summed E-state index contributed by atoms with van der Waals surface area (Å²) in [7, 11) is 0. The molecule has 0 saturated heterocycles. The minimum absolute atomic E-state index is 0.343. The Labute approximate surface area is 71.9 Å². The maximum absolute atomic E-state index is 13.0. The molecule has 1 N–H and O–H groups in total. The van der Waals surface area contributed by atoms with E-state index < -0.39 is 12.3 Å². The molecule has 66 valence electrons. The van der Waals surface area contributed by atoms with E-state index in [-0.39, 0.29) is 0 Å². The van der Waals surface area contributed by atoms with E-state index in [9.17, 15) is 9.50 Å². The number of hydrogen-bond donors (Lipinski definition) is 1. The summed E-state index contributed by atoms with van der Waals surface area (Å²) in [5.41, 5.74) is 0.645. The average molecular weight is 168 g/mol. The first-order valence-corrected chi connectivity index (χ1v) is 4.12. The molecule has 12 heavy (non-hydrogen) atoms. The fourth-order valence-electron chi connectivity index (χ4n) is 1.08. The van der Waals surface area contributed by atoms with Gasteiger partial charge in [-0.05, 0) is 12.0 Å². The van der Waals surface area contributed by atoms with Gasteiger partial charge in [0.2, 0.25) is 0 Å². The maximum atomic E-state index is 13.0. The Morgan fingerprint density at radius 1 is 1.33 bits per heavy atom. The zero-order valence-corrected chi connectivity index (χ0v) is 7.07. The van der Waals surface area contributed by atoms with Crippen LogP contribution in [0.25, 0.3) is 0 Å². The first-order chi connectivity index (χ1) is 5.75. The van der Waals surface area contributed by atoms with Gasteiger partial charge in [-0.3, -0.25) is 0 Å². The smallest absolute Gasteiger partial charge is 0.130 e. The molecule has 0 amide bonds. The Morgan fingerprint density at radius 3 is 2.42 bits per heavy atom. The van der Waals surface area contributed by atoms with Crippen molar-refractivity contribution in [2.45, 2.75) is 25.6 Å². The summed E-state index contributed by atoms with van der Waals surface area (Å²) in [6.45, 7) is 1.72. The maximum Gasteiger partial charge on any atom is 0.130 e. The van der Waals surface area contributed by atoms with Crippen LogP contribution >= 0.6 is 0 Å². The van der Waals surface area contributed by atoms with E-state index >= 15 is 0 Å². The highest BCUT2D eigenvalue weighted by Gasteiger charge is 2.17. The molecule has 1 nitrogen and oxygen atoms in total. The van der Waals surface area contributed by atoms with Gasteiger partial charge in [-0.25, -0.2) is 4.39 Å². The van der Waals surface area contributed by atoms with E-state index in [1.165, 1.54) is 0 Å². The second kappa shape index (κ2) is 4.21. The van der Waals surface area contributed by atoms with Gasteiger partial charge in [-0.15, -0.1) is 0 Å². The molecule has 0 fully saturated rings. The van der Waals surface area contributed by atoms with Crippen LogP contribution in [-0.2, 0) is 0 Å². The van der Waals surface area contributed by atoms with Crippen LogP contribution < -0.4 is 0 Å². The van der Waals surface area contributed by atoms with Crippen molar-refractivity contribution in [1.29, 1.82) is 0 Å². The van der Waals surface area contributed by atoms with Gasteiger partial charge in [-0.1, -0.05) is 37.3 Å². The summed E-state index contributed by atoms with van der Waals surface area (Å²) in [6, 6.07) is 8.89. The topological polar surface area (TPSA) is 20.2 Å². The molecule has 0 radical (unpaired) electrons. The van der Waals surface area contributed by atoms with Crippen LogP contribution in [0, 0.1) is 0 Å². The van der Waals surface area contributed by atoms with E-state index in [0.29, 0.717) is 12.0 Å². The third-order valence-electron chi connectivity index (χ3n) is 1.87.